The van der Waals surface area contributed by atoms with Crippen molar-refractivity contribution in [2.45, 2.75) is 31.8 Å². The SMILES string of the molecule is N#Cc1cnc2cc(OC3CCOC3)c(CC(=O)C=C3CCNCC3)cc2c1Nc1ncc(NC(=O)c2ccccc2)cn1. The van der Waals surface area contributed by atoms with Gasteiger partial charge in [0.15, 0.2) is 5.78 Å². The first-order chi connectivity index (χ1) is 21.6. The number of amides is 1. The number of carbonyl (C=O) groups is 2. The van der Waals surface area contributed by atoms with E-state index < -0.39 is 0 Å². The number of anilines is 3. The Morgan fingerprint density at radius 2 is 1.89 bits per heavy atom. The number of hydrogen-bond acceptors (Lipinski definition) is 10. The minimum absolute atomic E-state index is 0.0100. The minimum Gasteiger partial charge on any atom is -0.488 e. The Bertz CT molecular complexity index is 1740. The molecule has 2 saturated heterocycles. The third-order valence-electron chi connectivity index (χ3n) is 7.51. The molecule has 2 aromatic carbocycles. The molecule has 2 fully saturated rings. The molecule has 11 heteroatoms. The van der Waals surface area contributed by atoms with Gasteiger partial charge in [-0.3, -0.25) is 14.6 Å². The first kappa shape index (κ1) is 28.9. The van der Waals surface area contributed by atoms with Crippen LogP contribution in [0.25, 0.3) is 10.9 Å². The molecule has 2 aliphatic heterocycles. The number of pyridine rings is 1. The molecular formula is C33H31N7O4. The number of benzene rings is 2. The van der Waals surface area contributed by atoms with Crippen molar-refractivity contribution in [1.82, 2.24) is 20.3 Å². The third kappa shape index (κ3) is 6.89. The van der Waals surface area contributed by atoms with E-state index in [1.807, 2.05) is 18.2 Å². The molecule has 11 nitrogen and oxygen atoms in total. The number of rotatable bonds is 9. The van der Waals surface area contributed by atoms with Crippen molar-refractivity contribution in [2.75, 3.05) is 36.9 Å². The highest BCUT2D eigenvalue weighted by Crippen LogP contribution is 2.34. The van der Waals surface area contributed by atoms with Crippen LogP contribution in [-0.4, -0.2) is 59.0 Å². The highest BCUT2D eigenvalue weighted by atomic mass is 16.5. The van der Waals surface area contributed by atoms with Crippen LogP contribution in [0.2, 0.25) is 0 Å². The number of aromatic nitrogens is 3. The maximum absolute atomic E-state index is 13.2. The van der Waals surface area contributed by atoms with Crippen LogP contribution in [0.3, 0.4) is 0 Å². The zero-order chi connectivity index (χ0) is 30.3. The molecule has 3 N–H and O–H groups in total. The molecule has 1 amide bonds. The number of piperidine rings is 1. The maximum atomic E-state index is 13.2. The highest BCUT2D eigenvalue weighted by molar-refractivity contribution is 6.04. The Morgan fingerprint density at radius 3 is 2.61 bits per heavy atom. The van der Waals surface area contributed by atoms with Gasteiger partial charge in [0.2, 0.25) is 5.95 Å². The molecule has 0 radical (unpaired) electrons. The molecular weight excluding hydrogens is 558 g/mol. The zero-order valence-corrected chi connectivity index (χ0v) is 24.0. The van der Waals surface area contributed by atoms with E-state index >= 15 is 0 Å². The van der Waals surface area contributed by atoms with E-state index in [9.17, 15) is 14.9 Å². The molecule has 0 spiro atoms. The number of hydrogen-bond donors (Lipinski definition) is 3. The van der Waals surface area contributed by atoms with Gasteiger partial charge >= 0.3 is 0 Å². The zero-order valence-electron chi connectivity index (χ0n) is 24.0. The highest BCUT2D eigenvalue weighted by Gasteiger charge is 2.22. The molecule has 6 rings (SSSR count). The van der Waals surface area contributed by atoms with Crippen molar-refractivity contribution in [3.8, 4) is 11.8 Å². The van der Waals surface area contributed by atoms with Gasteiger partial charge in [0.1, 0.15) is 17.9 Å². The number of ketones is 1. The molecule has 0 saturated carbocycles. The van der Waals surface area contributed by atoms with Gasteiger partial charge in [0.05, 0.1) is 48.1 Å². The quantitative estimate of drug-likeness (QED) is 0.238. The first-order valence-electron chi connectivity index (χ1n) is 14.5. The van der Waals surface area contributed by atoms with Gasteiger partial charge in [-0.2, -0.15) is 5.26 Å². The second-order valence-corrected chi connectivity index (χ2v) is 10.7. The average molecular weight is 590 g/mol. The predicted molar refractivity (Wildman–Crippen MR) is 165 cm³/mol. The normalized spacial score (nSPS) is 16.2. The van der Waals surface area contributed by atoms with Gasteiger partial charge in [-0.15, -0.1) is 0 Å². The van der Waals surface area contributed by atoms with Crippen molar-refractivity contribution < 1.29 is 19.1 Å². The molecule has 44 heavy (non-hydrogen) atoms. The minimum atomic E-state index is -0.276. The summed E-state index contributed by atoms with van der Waals surface area (Å²) in [5, 5.41) is 19.8. The lowest BCUT2D eigenvalue weighted by Gasteiger charge is -2.18. The fourth-order valence-electron chi connectivity index (χ4n) is 5.24. The van der Waals surface area contributed by atoms with Gasteiger partial charge in [-0.25, -0.2) is 9.97 Å². The molecule has 4 heterocycles. The number of allylic oxidation sites excluding steroid dienone is 1. The molecule has 2 aromatic heterocycles. The predicted octanol–water partition coefficient (Wildman–Crippen LogP) is 4.48. The lowest BCUT2D eigenvalue weighted by molar-refractivity contribution is -0.114. The first-order valence-corrected chi connectivity index (χ1v) is 14.5. The summed E-state index contributed by atoms with van der Waals surface area (Å²) in [5.41, 5.74) is 4.10. The van der Waals surface area contributed by atoms with Crippen LogP contribution in [-0.2, 0) is 16.0 Å². The molecule has 2 aliphatic rings. The van der Waals surface area contributed by atoms with Crippen LogP contribution in [0.15, 0.2) is 72.7 Å². The Kier molecular flexibility index (Phi) is 8.82. The van der Waals surface area contributed by atoms with Crippen LogP contribution >= 0.6 is 0 Å². The van der Waals surface area contributed by atoms with E-state index in [0.717, 1.165) is 37.9 Å². The number of nitrogens with zero attached hydrogens (tertiary/aromatic N) is 4. The number of nitriles is 1. The lowest BCUT2D eigenvalue weighted by atomic mass is 9.99. The van der Waals surface area contributed by atoms with Crippen molar-refractivity contribution in [3.63, 3.8) is 0 Å². The van der Waals surface area contributed by atoms with E-state index in [1.54, 1.807) is 30.3 Å². The summed E-state index contributed by atoms with van der Waals surface area (Å²) < 4.78 is 11.8. The van der Waals surface area contributed by atoms with Crippen molar-refractivity contribution in [2.24, 2.45) is 0 Å². The van der Waals surface area contributed by atoms with E-state index in [-0.39, 0.29) is 35.7 Å². The summed E-state index contributed by atoms with van der Waals surface area (Å²) >= 11 is 0. The van der Waals surface area contributed by atoms with E-state index in [4.69, 9.17) is 9.47 Å². The molecule has 0 bridgehead atoms. The van der Waals surface area contributed by atoms with Crippen molar-refractivity contribution >= 4 is 39.9 Å². The van der Waals surface area contributed by atoms with E-state index in [2.05, 4.69) is 37.0 Å². The Hall–Kier alpha value is -5.18. The van der Waals surface area contributed by atoms with Crippen molar-refractivity contribution in [1.29, 1.82) is 5.26 Å². The van der Waals surface area contributed by atoms with E-state index in [1.165, 1.54) is 18.6 Å². The molecule has 1 atom stereocenters. The summed E-state index contributed by atoms with van der Waals surface area (Å²) in [4.78, 5) is 38.9. The monoisotopic (exact) mass is 589 g/mol. The number of nitrogens with one attached hydrogen (secondary N) is 3. The average Bonchev–Trinajstić information content (AvgIpc) is 3.56. The molecule has 0 aliphatic carbocycles. The number of ether oxygens (including phenoxy) is 2. The number of fused-ring (bicyclic) bond motifs is 1. The van der Waals surface area contributed by atoms with Crippen LogP contribution < -0.4 is 20.7 Å². The van der Waals surface area contributed by atoms with Crippen molar-refractivity contribution in [3.05, 3.63) is 89.4 Å². The van der Waals surface area contributed by atoms with Crippen LogP contribution in [0.1, 0.15) is 40.7 Å². The third-order valence-corrected chi connectivity index (χ3v) is 7.51. The summed E-state index contributed by atoms with van der Waals surface area (Å²) in [6.45, 7) is 2.84. The van der Waals surface area contributed by atoms with Gasteiger partial charge in [-0.05, 0) is 50.2 Å². The Morgan fingerprint density at radius 1 is 1.09 bits per heavy atom. The lowest BCUT2D eigenvalue weighted by Crippen LogP contribution is -2.23. The van der Waals surface area contributed by atoms with Crippen LogP contribution in [0.5, 0.6) is 5.75 Å². The number of carbonyl (C=O) groups excluding carboxylic acids is 2. The second kappa shape index (κ2) is 13.4. The topological polar surface area (TPSA) is 151 Å². The molecule has 1 unspecified atom stereocenters. The maximum Gasteiger partial charge on any atom is 0.255 e. The standard InChI is InChI=1S/C33H31N7O4/c34-16-24-17-36-29-15-30(44-27-8-11-43-20-27)23(13-26(41)12-21-6-9-35-10-7-21)14-28(29)31(24)40-33-37-18-25(19-38-33)39-32(42)22-4-2-1-3-5-22/h1-5,12,14-15,17-19,27,35H,6-11,13,20H2,(H,39,42)(H,36,37,38,40). The summed E-state index contributed by atoms with van der Waals surface area (Å²) in [6, 6.07) is 14.7. The smallest absolute Gasteiger partial charge is 0.255 e. The second-order valence-electron chi connectivity index (χ2n) is 10.7. The van der Waals surface area contributed by atoms with Crippen LogP contribution in [0.4, 0.5) is 17.3 Å². The fraction of sp³-hybridized carbons (Fsp3) is 0.273. The Labute approximate surface area is 254 Å². The largest absolute Gasteiger partial charge is 0.488 e. The Balaban J connectivity index is 1.30. The fourth-order valence-corrected chi connectivity index (χ4v) is 5.24. The summed E-state index contributed by atoms with van der Waals surface area (Å²) in [6.07, 6.45) is 8.69. The van der Waals surface area contributed by atoms with Gasteiger partial charge < -0.3 is 25.4 Å². The van der Waals surface area contributed by atoms with Gasteiger partial charge in [0, 0.05) is 41.6 Å². The van der Waals surface area contributed by atoms with Crippen LogP contribution in [0, 0.1) is 11.3 Å². The summed E-state index contributed by atoms with van der Waals surface area (Å²) in [5.74, 6) is 0.511. The molecule has 4 aromatic rings. The van der Waals surface area contributed by atoms with Gasteiger partial charge in [-0.1, -0.05) is 23.8 Å². The van der Waals surface area contributed by atoms with E-state index in [0.29, 0.717) is 52.4 Å². The summed E-state index contributed by atoms with van der Waals surface area (Å²) in [7, 11) is 0. The van der Waals surface area contributed by atoms with Gasteiger partial charge in [0.25, 0.3) is 5.91 Å². The molecule has 222 valence electrons.